The summed E-state index contributed by atoms with van der Waals surface area (Å²) >= 11 is 0. The average Bonchev–Trinajstić information content (AvgIpc) is 2.41. The van der Waals surface area contributed by atoms with Crippen molar-refractivity contribution in [2.45, 2.75) is 19.1 Å². The Kier molecular flexibility index (Phi) is 6.98. The third-order valence-electron chi connectivity index (χ3n) is 2.84. The Bertz CT molecular complexity index is 396. The van der Waals surface area contributed by atoms with Gasteiger partial charge in [-0.3, -0.25) is 0 Å². The van der Waals surface area contributed by atoms with E-state index in [1.54, 1.807) is 13.2 Å². The first-order valence-electron chi connectivity index (χ1n) is 6.42. The molecule has 0 bridgehead atoms. The van der Waals surface area contributed by atoms with Crippen molar-refractivity contribution in [2.75, 3.05) is 33.5 Å². The Hall–Kier alpha value is -1.11. The van der Waals surface area contributed by atoms with Crippen LogP contribution in [0.25, 0.3) is 0 Å². The van der Waals surface area contributed by atoms with E-state index in [2.05, 4.69) is 5.32 Å². The molecule has 114 valence electrons. The van der Waals surface area contributed by atoms with Crippen LogP contribution in [0.4, 0.5) is 13.2 Å². The van der Waals surface area contributed by atoms with Gasteiger partial charge in [0.15, 0.2) is 0 Å². The van der Waals surface area contributed by atoms with Crippen LogP contribution in [0.15, 0.2) is 24.3 Å². The highest BCUT2D eigenvalue weighted by molar-refractivity contribution is 5.27. The number of benzene rings is 1. The quantitative estimate of drug-likeness (QED) is 0.747. The van der Waals surface area contributed by atoms with Crippen LogP contribution < -0.4 is 5.32 Å². The molecule has 0 aliphatic heterocycles. The van der Waals surface area contributed by atoms with E-state index in [9.17, 15) is 13.2 Å². The van der Waals surface area contributed by atoms with Crippen molar-refractivity contribution in [1.29, 1.82) is 0 Å². The molecule has 0 radical (unpaired) electrons. The second kappa shape index (κ2) is 8.24. The van der Waals surface area contributed by atoms with Gasteiger partial charge in [-0.2, -0.15) is 13.2 Å². The summed E-state index contributed by atoms with van der Waals surface area (Å²) < 4.78 is 47.9. The molecule has 1 aromatic carbocycles. The Balaban J connectivity index is 2.41. The monoisotopic (exact) mass is 291 g/mol. The molecular weight excluding hydrogens is 271 g/mol. The number of nitrogens with one attached hydrogen (secondary N) is 1. The molecule has 0 amide bonds. The van der Waals surface area contributed by atoms with Crippen molar-refractivity contribution < 1.29 is 22.6 Å². The minimum Gasteiger partial charge on any atom is -0.382 e. The van der Waals surface area contributed by atoms with E-state index in [1.165, 1.54) is 12.1 Å². The van der Waals surface area contributed by atoms with Gasteiger partial charge in [-0.25, -0.2) is 0 Å². The van der Waals surface area contributed by atoms with Crippen molar-refractivity contribution >= 4 is 0 Å². The number of alkyl halides is 3. The molecule has 0 spiro atoms. The summed E-state index contributed by atoms with van der Waals surface area (Å²) in [4.78, 5) is 0. The molecule has 0 aliphatic carbocycles. The van der Waals surface area contributed by atoms with E-state index in [1.807, 2.05) is 6.92 Å². The van der Waals surface area contributed by atoms with Gasteiger partial charge < -0.3 is 14.8 Å². The van der Waals surface area contributed by atoms with E-state index in [4.69, 9.17) is 9.47 Å². The lowest BCUT2D eigenvalue weighted by atomic mass is 10.0. The summed E-state index contributed by atoms with van der Waals surface area (Å²) in [7, 11) is 1.59. The molecule has 6 heteroatoms. The molecule has 0 saturated carbocycles. The van der Waals surface area contributed by atoms with Crippen LogP contribution in [0.2, 0.25) is 0 Å². The molecule has 0 aromatic heterocycles. The third-order valence-corrected chi connectivity index (χ3v) is 2.84. The van der Waals surface area contributed by atoms with Gasteiger partial charge in [0.25, 0.3) is 0 Å². The van der Waals surface area contributed by atoms with Crippen LogP contribution in [-0.2, 0) is 15.7 Å². The summed E-state index contributed by atoms with van der Waals surface area (Å²) in [6, 6.07) is 5.18. The van der Waals surface area contributed by atoms with Crippen LogP contribution >= 0.6 is 0 Å². The molecular formula is C14H20F3NO2. The number of halogens is 3. The summed E-state index contributed by atoms with van der Waals surface area (Å²) in [6.07, 6.45) is -4.31. The molecule has 1 rings (SSSR count). The molecule has 1 atom stereocenters. The smallest absolute Gasteiger partial charge is 0.382 e. The van der Waals surface area contributed by atoms with Crippen molar-refractivity contribution in [3.8, 4) is 0 Å². The molecule has 20 heavy (non-hydrogen) atoms. The van der Waals surface area contributed by atoms with E-state index in [-0.39, 0.29) is 6.04 Å². The van der Waals surface area contributed by atoms with Crippen molar-refractivity contribution in [1.82, 2.24) is 5.32 Å². The molecule has 0 saturated heterocycles. The predicted molar refractivity (Wildman–Crippen MR) is 70.6 cm³/mol. The van der Waals surface area contributed by atoms with Gasteiger partial charge in [-0.05, 0) is 24.6 Å². The maximum absolute atomic E-state index is 12.6. The van der Waals surface area contributed by atoms with E-state index >= 15 is 0 Å². The summed E-state index contributed by atoms with van der Waals surface area (Å²) in [6.45, 7) is 3.93. The zero-order valence-electron chi connectivity index (χ0n) is 11.7. The van der Waals surface area contributed by atoms with Gasteiger partial charge in [-0.15, -0.1) is 0 Å². The van der Waals surface area contributed by atoms with E-state index < -0.39 is 11.7 Å². The minimum absolute atomic E-state index is 0.164. The highest BCUT2D eigenvalue weighted by Crippen LogP contribution is 2.30. The van der Waals surface area contributed by atoms with Gasteiger partial charge in [0.1, 0.15) is 0 Å². The fourth-order valence-corrected chi connectivity index (χ4v) is 1.69. The zero-order chi connectivity index (χ0) is 15.0. The highest BCUT2D eigenvalue weighted by atomic mass is 19.4. The van der Waals surface area contributed by atoms with Gasteiger partial charge in [0.2, 0.25) is 0 Å². The van der Waals surface area contributed by atoms with Crippen molar-refractivity contribution in [3.63, 3.8) is 0 Å². The SMILES string of the molecule is COCCOCCNC(C)c1cccc(C(F)(F)F)c1. The third kappa shape index (κ3) is 5.90. The maximum Gasteiger partial charge on any atom is 0.416 e. The molecule has 1 aromatic rings. The maximum atomic E-state index is 12.6. The molecule has 3 nitrogen and oxygen atoms in total. The largest absolute Gasteiger partial charge is 0.416 e. The number of hydrogen-bond donors (Lipinski definition) is 1. The average molecular weight is 291 g/mol. The first-order valence-corrected chi connectivity index (χ1v) is 6.42. The van der Waals surface area contributed by atoms with Crippen LogP contribution in [0.3, 0.4) is 0 Å². The molecule has 0 fully saturated rings. The molecule has 0 heterocycles. The highest BCUT2D eigenvalue weighted by Gasteiger charge is 2.30. The molecule has 1 unspecified atom stereocenters. The first-order chi connectivity index (χ1) is 9.45. The summed E-state index contributed by atoms with van der Waals surface area (Å²) in [5.41, 5.74) is -0.0169. The van der Waals surface area contributed by atoms with Crippen LogP contribution in [-0.4, -0.2) is 33.5 Å². The second-order valence-corrected chi connectivity index (χ2v) is 4.40. The Morgan fingerprint density at radius 3 is 2.60 bits per heavy atom. The normalized spacial score (nSPS) is 13.4. The fraction of sp³-hybridized carbons (Fsp3) is 0.571. The van der Waals surface area contributed by atoms with Crippen LogP contribution in [0.5, 0.6) is 0 Å². The van der Waals surface area contributed by atoms with E-state index in [0.717, 1.165) is 6.07 Å². The second-order valence-electron chi connectivity index (χ2n) is 4.40. The van der Waals surface area contributed by atoms with Crippen LogP contribution in [0, 0.1) is 0 Å². The van der Waals surface area contributed by atoms with Gasteiger partial charge >= 0.3 is 6.18 Å². The standard InChI is InChI=1S/C14H20F3NO2/c1-11(18-6-7-20-9-8-19-2)12-4-3-5-13(10-12)14(15,16)17/h3-5,10-11,18H,6-9H2,1-2H3. The summed E-state index contributed by atoms with van der Waals surface area (Å²) in [5, 5.41) is 3.12. The Morgan fingerprint density at radius 2 is 1.95 bits per heavy atom. The Morgan fingerprint density at radius 1 is 1.20 bits per heavy atom. The number of rotatable bonds is 8. The Labute approximate surface area is 117 Å². The molecule has 1 N–H and O–H groups in total. The minimum atomic E-state index is -4.31. The first kappa shape index (κ1) is 16.9. The van der Waals surface area contributed by atoms with Gasteiger partial charge in [0.05, 0.1) is 25.4 Å². The van der Waals surface area contributed by atoms with Crippen LogP contribution in [0.1, 0.15) is 24.1 Å². The fourth-order valence-electron chi connectivity index (χ4n) is 1.69. The predicted octanol–water partition coefficient (Wildman–Crippen LogP) is 3.02. The van der Waals surface area contributed by atoms with E-state index in [0.29, 0.717) is 31.9 Å². The van der Waals surface area contributed by atoms with Crippen molar-refractivity contribution in [3.05, 3.63) is 35.4 Å². The lowest BCUT2D eigenvalue weighted by Gasteiger charge is -2.16. The topological polar surface area (TPSA) is 30.5 Å². The lowest BCUT2D eigenvalue weighted by molar-refractivity contribution is -0.137. The molecule has 0 aliphatic rings. The lowest BCUT2D eigenvalue weighted by Crippen LogP contribution is -2.24. The zero-order valence-corrected chi connectivity index (χ0v) is 11.7. The van der Waals surface area contributed by atoms with Gasteiger partial charge in [0, 0.05) is 19.7 Å². The van der Waals surface area contributed by atoms with Gasteiger partial charge in [-0.1, -0.05) is 12.1 Å². The number of hydrogen-bond acceptors (Lipinski definition) is 3. The van der Waals surface area contributed by atoms with Crippen molar-refractivity contribution in [2.24, 2.45) is 0 Å². The summed E-state index contributed by atoms with van der Waals surface area (Å²) in [5.74, 6) is 0. The number of ether oxygens (including phenoxy) is 2. The number of methoxy groups -OCH3 is 1.